The number of hydrogen-bond donors (Lipinski definition) is 2. The van der Waals surface area contributed by atoms with Gasteiger partial charge in [0.05, 0.1) is 0 Å². The highest BCUT2D eigenvalue weighted by Gasteiger charge is 2.49. The molecule has 2 aliphatic rings. The van der Waals surface area contributed by atoms with Crippen LogP contribution in [0, 0.1) is 0 Å². The molecular formula is C15H20FN3O3. The molecule has 2 N–H and O–H groups in total. The van der Waals surface area contributed by atoms with Crippen molar-refractivity contribution >= 4 is 17.8 Å². The van der Waals surface area contributed by atoms with Crippen LogP contribution in [0.25, 0.3) is 0 Å². The van der Waals surface area contributed by atoms with Gasteiger partial charge in [-0.05, 0) is 31.4 Å². The SMILES string of the molecule is CCC1(CC)NC(=O)N(CC(=O)NC2=CC=C(F)CC2)C1=O. The third-order valence-corrected chi connectivity index (χ3v) is 4.15. The lowest BCUT2D eigenvalue weighted by molar-refractivity contribution is -0.135. The van der Waals surface area contributed by atoms with E-state index in [4.69, 9.17) is 0 Å². The molecule has 0 aromatic carbocycles. The maximum absolute atomic E-state index is 12.9. The lowest BCUT2D eigenvalue weighted by Crippen LogP contribution is -2.46. The van der Waals surface area contributed by atoms with Crippen LogP contribution in [-0.4, -0.2) is 34.8 Å². The Labute approximate surface area is 128 Å². The van der Waals surface area contributed by atoms with Crippen LogP contribution in [0.2, 0.25) is 0 Å². The topological polar surface area (TPSA) is 78.5 Å². The van der Waals surface area contributed by atoms with Gasteiger partial charge in [0, 0.05) is 12.1 Å². The van der Waals surface area contributed by atoms with Crippen LogP contribution in [0.1, 0.15) is 39.5 Å². The van der Waals surface area contributed by atoms with Crippen LogP contribution in [0.15, 0.2) is 23.7 Å². The van der Waals surface area contributed by atoms with E-state index in [2.05, 4.69) is 10.6 Å². The summed E-state index contributed by atoms with van der Waals surface area (Å²) in [6.07, 6.45) is 4.37. The van der Waals surface area contributed by atoms with E-state index in [-0.39, 0.29) is 24.7 Å². The van der Waals surface area contributed by atoms with Gasteiger partial charge in [-0.25, -0.2) is 9.18 Å². The van der Waals surface area contributed by atoms with Crippen LogP contribution in [0.5, 0.6) is 0 Å². The number of imide groups is 1. The third kappa shape index (κ3) is 3.03. The highest BCUT2D eigenvalue weighted by Crippen LogP contribution is 2.24. The van der Waals surface area contributed by atoms with E-state index in [1.807, 2.05) is 13.8 Å². The Morgan fingerprint density at radius 2 is 2.00 bits per heavy atom. The lowest BCUT2D eigenvalue weighted by Gasteiger charge is -2.23. The summed E-state index contributed by atoms with van der Waals surface area (Å²) in [5, 5.41) is 5.27. The Balaban J connectivity index is 2.00. The van der Waals surface area contributed by atoms with Crippen LogP contribution >= 0.6 is 0 Å². The minimum Gasteiger partial charge on any atom is -0.328 e. The van der Waals surface area contributed by atoms with Gasteiger partial charge in [0.1, 0.15) is 17.9 Å². The second-order valence-electron chi connectivity index (χ2n) is 5.46. The fraction of sp³-hybridized carbons (Fsp3) is 0.533. The molecule has 0 atom stereocenters. The van der Waals surface area contributed by atoms with Gasteiger partial charge in [0.2, 0.25) is 5.91 Å². The van der Waals surface area contributed by atoms with Crippen molar-refractivity contribution in [2.24, 2.45) is 0 Å². The molecule has 0 aromatic rings. The largest absolute Gasteiger partial charge is 0.328 e. The number of nitrogens with zero attached hydrogens (tertiary/aromatic N) is 1. The molecule has 22 heavy (non-hydrogen) atoms. The maximum Gasteiger partial charge on any atom is 0.325 e. The molecule has 0 aromatic heterocycles. The normalized spacial score (nSPS) is 20.4. The van der Waals surface area contributed by atoms with Gasteiger partial charge in [0.15, 0.2) is 0 Å². The Hall–Kier alpha value is -2.18. The zero-order chi connectivity index (χ0) is 16.3. The molecule has 0 spiro atoms. The van der Waals surface area contributed by atoms with Crippen molar-refractivity contribution in [2.75, 3.05) is 6.54 Å². The third-order valence-electron chi connectivity index (χ3n) is 4.15. The number of hydrogen-bond acceptors (Lipinski definition) is 3. The smallest absolute Gasteiger partial charge is 0.325 e. The van der Waals surface area contributed by atoms with Gasteiger partial charge in [-0.3, -0.25) is 14.5 Å². The van der Waals surface area contributed by atoms with Crippen molar-refractivity contribution in [3.8, 4) is 0 Å². The molecule has 1 heterocycles. The first kappa shape index (κ1) is 16.2. The first-order valence-electron chi connectivity index (χ1n) is 7.41. The molecule has 0 radical (unpaired) electrons. The van der Waals surface area contributed by atoms with E-state index in [0.717, 1.165) is 4.90 Å². The molecule has 1 fully saturated rings. The van der Waals surface area contributed by atoms with Gasteiger partial charge in [-0.1, -0.05) is 13.8 Å². The predicted molar refractivity (Wildman–Crippen MR) is 78.2 cm³/mol. The zero-order valence-electron chi connectivity index (χ0n) is 12.7. The van der Waals surface area contributed by atoms with Gasteiger partial charge < -0.3 is 10.6 Å². The zero-order valence-corrected chi connectivity index (χ0v) is 12.7. The van der Waals surface area contributed by atoms with Crippen LogP contribution in [-0.2, 0) is 9.59 Å². The molecule has 1 aliphatic heterocycles. The van der Waals surface area contributed by atoms with Crippen molar-refractivity contribution in [1.82, 2.24) is 15.5 Å². The Morgan fingerprint density at radius 1 is 1.32 bits per heavy atom. The average Bonchev–Trinajstić information content (AvgIpc) is 2.74. The monoisotopic (exact) mass is 309 g/mol. The van der Waals surface area contributed by atoms with E-state index < -0.39 is 17.5 Å². The fourth-order valence-corrected chi connectivity index (χ4v) is 2.63. The van der Waals surface area contributed by atoms with E-state index in [9.17, 15) is 18.8 Å². The van der Waals surface area contributed by atoms with E-state index in [0.29, 0.717) is 25.0 Å². The molecule has 0 saturated carbocycles. The highest BCUT2D eigenvalue weighted by atomic mass is 19.1. The number of urea groups is 1. The number of nitrogens with one attached hydrogen (secondary N) is 2. The number of halogens is 1. The van der Waals surface area contributed by atoms with E-state index >= 15 is 0 Å². The standard InChI is InChI=1S/C15H20FN3O3/c1-3-15(4-2)13(21)19(14(22)18-15)9-12(20)17-11-7-5-10(16)6-8-11/h5,7H,3-4,6,8-9H2,1-2H3,(H,17,20)(H,18,22). The first-order valence-corrected chi connectivity index (χ1v) is 7.41. The van der Waals surface area contributed by atoms with Crippen LogP contribution in [0.3, 0.4) is 0 Å². The minimum absolute atomic E-state index is 0.234. The number of carbonyl (C=O) groups excluding carboxylic acids is 3. The average molecular weight is 309 g/mol. The van der Waals surface area contributed by atoms with E-state index in [1.165, 1.54) is 12.2 Å². The molecule has 7 heteroatoms. The molecule has 0 bridgehead atoms. The van der Waals surface area contributed by atoms with Crippen LogP contribution < -0.4 is 10.6 Å². The molecule has 1 aliphatic carbocycles. The van der Waals surface area contributed by atoms with Crippen molar-refractivity contribution in [3.63, 3.8) is 0 Å². The molecule has 0 unspecified atom stereocenters. The molecule has 4 amide bonds. The van der Waals surface area contributed by atoms with Crippen molar-refractivity contribution < 1.29 is 18.8 Å². The van der Waals surface area contributed by atoms with Gasteiger partial charge in [-0.2, -0.15) is 0 Å². The summed E-state index contributed by atoms with van der Waals surface area (Å²) >= 11 is 0. The summed E-state index contributed by atoms with van der Waals surface area (Å²) < 4.78 is 12.9. The molecule has 120 valence electrons. The summed E-state index contributed by atoms with van der Waals surface area (Å²) in [5.74, 6) is -1.07. The summed E-state index contributed by atoms with van der Waals surface area (Å²) in [5.41, 5.74) is -0.330. The Morgan fingerprint density at radius 3 is 2.50 bits per heavy atom. The molecule has 1 saturated heterocycles. The number of amides is 4. The summed E-state index contributed by atoms with van der Waals surface area (Å²) in [6.45, 7) is 3.30. The fourth-order valence-electron chi connectivity index (χ4n) is 2.63. The maximum atomic E-state index is 12.9. The number of carbonyl (C=O) groups is 3. The van der Waals surface area contributed by atoms with Crippen LogP contribution in [0.4, 0.5) is 9.18 Å². The molecule has 2 rings (SSSR count). The lowest BCUT2D eigenvalue weighted by atomic mass is 9.93. The summed E-state index contributed by atoms with van der Waals surface area (Å²) in [4.78, 5) is 37.2. The quantitative estimate of drug-likeness (QED) is 0.759. The number of allylic oxidation sites excluding steroid dienone is 4. The summed E-state index contributed by atoms with van der Waals surface area (Å²) in [6, 6.07) is -0.549. The van der Waals surface area contributed by atoms with Gasteiger partial charge in [-0.15, -0.1) is 0 Å². The molecule has 6 nitrogen and oxygen atoms in total. The highest BCUT2D eigenvalue weighted by molar-refractivity contribution is 6.09. The second-order valence-corrected chi connectivity index (χ2v) is 5.46. The van der Waals surface area contributed by atoms with Crippen molar-refractivity contribution in [3.05, 3.63) is 23.7 Å². The minimum atomic E-state index is -0.909. The molecular weight excluding hydrogens is 289 g/mol. The van der Waals surface area contributed by atoms with E-state index in [1.54, 1.807) is 0 Å². The number of rotatable bonds is 5. The summed E-state index contributed by atoms with van der Waals surface area (Å²) in [7, 11) is 0. The second kappa shape index (κ2) is 6.29. The van der Waals surface area contributed by atoms with Gasteiger partial charge >= 0.3 is 6.03 Å². The predicted octanol–water partition coefficient (Wildman–Crippen LogP) is 1.74. The Bertz CT molecular complexity index is 564. The van der Waals surface area contributed by atoms with Gasteiger partial charge in [0.25, 0.3) is 5.91 Å². The first-order chi connectivity index (χ1) is 10.4. The Kier molecular flexibility index (Phi) is 4.63. The van der Waals surface area contributed by atoms with Crippen molar-refractivity contribution in [1.29, 1.82) is 0 Å². The van der Waals surface area contributed by atoms with Crippen molar-refractivity contribution in [2.45, 2.75) is 45.1 Å².